The summed E-state index contributed by atoms with van der Waals surface area (Å²) in [5, 5.41) is 17.6. The maximum absolute atomic E-state index is 9.17. The van der Waals surface area contributed by atoms with Crippen molar-refractivity contribution < 1.29 is 5.11 Å². The van der Waals surface area contributed by atoms with Crippen molar-refractivity contribution in [2.24, 2.45) is 0 Å². The quantitative estimate of drug-likeness (QED) is 0.707. The van der Waals surface area contributed by atoms with Crippen molar-refractivity contribution >= 4 is 0 Å². The Morgan fingerprint density at radius 3 is 2.92 bits per heavy atom. The van der Waals surface area contributed by atoms with Crippen LogP contribution in [0.5, 0.6) is 5.75 Å². The Bertz CT molecular complexity index is 317. The van der Waals surface area contributed by atoms with Crippen LogP contribution in [0.4, 0.5) is 0 Å². The molecule has 0 aliphatic rings. The van der Waals surface area contributed by atoms with Gasteiger partial charge < -0.3 is 5.11 Å². The molecule has 0 aliphatic carbocycles. The second-order valence-corrected chi connectivity index (χ2v) is 3.00. The van der Waals surface area contributed by atoms with E-state index in [0.717, 1.165) is 5.56 Å². The predicted octanol–water partition coefficient (Wildman–Crippen LogP) is 1.35. The highest BCUT2D eigenvalue weighted by Gasteiger charge is 1.99. The third kappa shape index (κ3) is 3.14. The fraction of sp³-hybridized carbons (Fsp3) is 0.300. The Morgan fingerprint density at radius 2 is 2.31 bits per heavy atom. The molecule has 0 aromatic heterocycles. The van der Waals surface area contributed by atoms with Crippen molar-refractivity contribution in [1.82, 2.24) is 4.90 Å². The fourth-order valence-electron chi connectivity index (χ4n) is 1.14. The van der Waals surface area contributed by atoms with Gasteiger partial charge in [-0.05, 0) is 24.7 Å². The van der Waals surface area contributed by atoms with Gasteiger partial charge in [-0.3, -0.25) is 4.90 Å². The monoisotopic (exact) mass is 176 g/mol. The van der Waals surface area contributed by atoms with Crippen LogP contribution in [0.3, 0.4) is 0 Å². The van der Waals surface area contributed by atoms with Gasteiger partial charge >= 0.3 is 0 Å². The van der Waals surface area contributed by atoms with Crippen LogP contribution in [-0.4, -0.2) is 23.6 Å². The molecule has 0 unspecified atom stereocenters. The van der Waals surface area contributed by atoms with E-state index in [0.29, 0.717) is 13.1 Å². The molecular weight excluding hydrogens is 164 g/mol. The Morgan fingerprint density at radius 1 is 1.54 bits per heavy atom. The molecule has 0 saturated carbocycles. The Hall–Kier alpha value is -1.53. The van der Waals surface area contributed by atoms with E-state index in [1.54, 1.807) is 18.2 Å². The van der Waals surface area contributed by atoms with Gasteiger partial charge in [-0.25, -0.2) is 0 Å². The van der Waals surface area contributed by atoms with Crippen LogP contribution in [0.2, 0.25) is 0 Å². The first kappa shape index (κ1) is 9.56. The van der Waals surface area contributed by atoms with Crippen molar-refractivity contribution in [3.8, 4) is 11.8 Å². The third-order valence-electron chi connectivity index (χ3n) is 1.70. The van der Waals surface area contributed by atoms with Gasteiger partial charge in [-0.2, -0.15) is 5.26 Å². The number of phenols is 1. The maximum Gasteiger partial charge on any atom is 0.115 e. The van der Waals surface area contributed by atoms with Gasteiger partial charge in [-0.15, -0.1) is 0 Å². The summed E-state index contributed by atoms with van der Waals surface area (Å²) >= 11 is 0. The second kappa shape index (κ2) is 4.48. The molecule has 3 nitrogen and oxygen atoms in total. The standard InChI is InChI=1S/C10H12N2O/c1-12(6-5-11)8-9-3-2-4-10(13)7-9/h2-4,7,13H,6,8H2,1H3. The smallest absolute Gasteiger partial charge is 0.115 e. The van der Waals surface area contributed by atoms with Crippen LogP contribution >= 0.6 is 0 Å². The molecule has 0 saturated heterocycles. The Kier molecular flexibility index (Phi) is 3.30. The number of hydrogen-bond donors (Lipinski definition) is 1. The van der Waals surface area contributed by atoms with Crippen molar-refractivity contribution in [3.05, 3.63) is 29.8 Å². The van der Waals surface area contributed by atoms with E-state index in [2.05, 4.69) is 6.07 Å². The molecule has 0 atom stereocenters. The average molecular weight is 176 g/mol. The largest absolute Gasteiger partial charge is 0.508 e. The lowest BCUT2D eigenvalue weighted by molar-refractivity contribution is 0.366. The highest BCUT2D eigenvalue weighted by molar-refractivity contribution is 5.26. The van der Waals surface area contributed by atoms with Crippen LogP contribution in [0, 0.1) is 11.3 Å². The van der Waals surface area contributed by atoms with Crippen LogP contribution in [-0.2, 0) is 6.54 Å². The lowest BCUT2D eigenvalue weighted by Crippen LogP contribution is -2.17. The summed E-state index contributed by atoms with van der Waals surface area (Å²) in [5.41, 5.74) is 1.01. The number of hydrogen-bond acceptors (Lipinski definition) is 3. The topological polar surface area (TPSA) is 47.3 Å². The molecule has 1 aromatic rings. The highest BCUT2D eigenvalue weighted by Crippen LogP contribution is 2.11. The molecule has 0 amide bonds. The Balaban J connectivity index is 2.59. The van der Waals surface area contributed by atoms with E-state index < -0.39 is 0 Å². The first-order valence-corrected chi connectivity index (χ1v) is 4.06. The summed E-state index contributed by atoms with van der Waals surface area (Å²) in [4.78, 5) is 1.88. The van der Waals surface area contributed by atoms with Gasteiger partial charge in [0.1, 0.15) is 5.75 Å². The minimum Gasteiger partial charge on any atom is -0.508 e. The first-order chi connectivity index (χ1) is 6.22. The van der Waals surface area contributed by atoms with Gasteiger partial charge in [-0.1, -0.05) is 12.1 Å². The highest BCUT2D eigenvalue weighted by atomic mass is 16.3. The number of rotatable bonds is 3. The van der Waals surface area contributed by atoms with Crippen molar-refractivity contribution in [2.45, 2.75) is 6.54 Å². The molecular formula is C10H12N2O. The zero-order valence-corrected chi connectivity index (χ0v) is 7.57. The number of aromatic hydroxyl groups is 1. The van der Waals surface area contributed by atoms with Gasteiger partial charge in [0.15, 0.2) is 0 Å². The molecule has 1 rings (SSSR count). The van der Waals surface area contributed by atoms with Gasteiger partial charge in [0, 0.05) is 6.54 Å². The van der Waals surface area contributed by atoms with E-state index in [1.807, 2.05) is 18.0 Å². The van der Waals surface area contributed by atoms with Crippen molar-refractivity contribution in [2.75, 3.05) is 13.6 Å². The summed E-state index contributed by atoms with van der Waals surface area (Å²) < 4.78 is 0. The van der Waals surface area contributed by atoms with Gasteiger partial charge in [0.2, 0.25) is 0 Å². The summed E-state index contributed by atoms with van der Waals surface area (Å²) in [6, 6.07) is 9.12. The van der Waals surface area contributed by atoms with E-state index in [1.165, 1.54) is 0 Å². The summed E-state index contributed by atoms with van der Waals surface area (Å²) in [7, 11) is 1.87. The van der Waals surface area contributed by atoms with Crippen LogP contribution < -0.4 is 0 Å². The summed E-state index contributed by atoms with van der Waals surface area (Å²) in [6.07, 6.45) is 0. The number of phenolic OH excluding ortho intramolecular Hbond substituents is 1. The zero-order valence-electron chi connectivity index (χ0n) is 7.57. The number of benzene rings is 1. The predicted molar refractivity (Wildman–Crippen MR) is 50.1 cm³/mol. The fourth-order valence-corrected chi connectivity index (χ4v) is 1.14. The molecule has 3 heteroatoms. The molecule has 0 spiro atoms. The van der Waals surface area contributed by atoms with E-state index in [4.69, 9.17) is 5.26 Å². The summed E-state index contributed by atoms with van der Waals surface area (Å²) in [6.45, 7) is 1.08. The molecule has 0 radical (unpaired) electrons. The van der Waals surface area contributed by atoms with Crippen LogP contribution in [0.15, 0.2) is 24.3 Å². The van der Waals surface area contributed by atoms with E-state index in [-0.39, 0.29) is 5.75 Å². The summed E-state index contributed by atoms with van der Waals surface area (Å²) in [5.74, 6) is 0.267. The number of nitrogens with zero attached hydrogens (tertiary/aromatic N) is 2. The van der Waals surface area contributed by atoms with E-state index >= 15 is 0 Å². The first-order valence-electron chi connectivity index (χ1n) is 4.06. The molecule has 1 aromatic carbocycles. The van der Waals surface area contributed by atoms with Crippen molar-refractivity contribution in [3.63, 3.8) is 0 Å². The molecule has 68 valence electrons. The molecule has 0 heterocycles. The van der Waals surface area contributed by atoms with Crippen LogP contribution in [0.1, 0.15) is 5.56 Å². The lowest BCUT2D eigenvalue weighted by Gasteiger charge is -2.11. The van der Waals surface area contributed by atoms with E-state index in [9.17, 15) is 5.11 Å². The van der Waals surface area contributed by atoms with Crippen molar-refractivity contribution in [1.29, 1.82) is 5.26 Å². The molecule has 0 fully saturated rings. The Labute approximate surface area is 77.8 Å². The lowest BCUT2D eigenvalue weighted by atomic mass is 10.2. The molecule has 0 bridgehead atoms. The third-order valence-corrected chi connectivity index (χ3v) is 1.70. The second-order valence-electron chi connectivity index (χ2n) is 3.00. The van der Waals surface area contributed by atoms with Gasteiger partial charge in [0.25, 0.3) is 0 Å². The SMILES string of the molecule is CN(CC#N)Cc1cccc(O)c1. The maximum atomic E-state index is 9.17. The van der Waals surface area contributed by atoms with Crippen LogP contribution in [0.25, 0.3) is 0 Å². The normalized spacial score (nSPS) is 9.92. The minimum absolute atomic E-state index is 0.267. The molecule has 0 aliphatic heterocycles. The zero-order chi connectivity index (χ0) is 9.68. The van der Waals surface area contributed by atoms with Gasteiger partial charge in [0.05, 0.1) is 12.6 Å². The molecule has 1 N–H and O–H groups in total. The average Bonchev–Trinajstić information content (AvgIpc) is 2.04. The number of nitriles is 1. The molecule has 13 heavy (non-hydrogen) atoms. The minimum atomic E-state index is 0.267.